The van der Waals surface area contributed by atoms with Crippen molar-refractivity contribution in [1.82, 2.24) is 9.88 Å². The third-order valence-electron chi connectivity index (χ3n) is 6.25. The average Bonchev–Trinajstić information content (AvgIpc) is 3.54. The molecule has 0 spiro atoms. The van der Waals surface area contributed by atoms with E-state index in [1.807, 2.05) is 24.3 Å². The predicted octanol–water partition coefficient (Wildman–Crippen LogP) is 6.05. The maximum Gasteiger partial charge on any atom is 0.272 e. The molecule has 0 aliphatic heterocycles. The first-order valence-corrected chi connectivity index (χ1v) is 13.3. The van der Waals surface area contributed by atoms with Crippen molar-refractivity contribution in [2.45, 2.75) is 38.6 Å². The molecule has 4 aromatic rings. The molecular formula is C27H27N3O2S2. The van der Waals surface area contributed by atoms with Crippen LogP contribution >= 0.6 is 22.7 Å². The van der Waals surface area contributed by atoms with Crippen LogP contribution in [0, 0.1) is 0 Å². The Morgan fingerprint density at radius 3 is 2.74 bits per heavy atom. The summed E-state index contributed by atoms with van der Waals surface area (Å²) in [4.78, 5) is 27.8. The van der Waals surface area contributed by atoms with Gasteiger partial charge in [-0.1, -0.05) is 36.4 Å². The largest absolute Gasteiger partial charge is 0.348 e. The molecule has 0 bridgehead atoms. The lowest BCUT2D eigenvalue weighted by molar-refractivity contribution is 0.0958. The Morgan fingerprint density at radius 1 is 1.09 bits per heavy atom. The number of hydrogen-bond donors (Lipinski definition) is 2. The lowest BCUT2D eigenvalue weighted by atomic mass is 9.95. The van der Waals surface area contributed by atoms with E-state index in [1.165, 1.54) is 10.4 Å². The van der Waals surface area contributed by atoms with Gasteiger partial charge in [0, 0.05) is 18.0 Å². The van der Waals surface area contributed by atoms with Crippen LogP contribution in [-0.4, -0.2) is 22.9 Å². The Morgan fingerprint density at radius 2 is 1.91 bits per heavy atom. The number of aromatic nitrogens is 1. The summed E-state index contributed by atoms with van der Waals surface area (Å²) in [6.07, 6.45) is 6.53. The van der Waals surface area contributed by atoms with E-state index in [-0.39, 0.29) is 11.8 Å². The van der Waals surface area contributed by atoms with Gasteiger partial charge in [-0.05, 0) is 60.7 Å². The van der Waals surface area contributed by atoms with Crippen molar-refractivity contribution in [3.63, 3.8) is 0 Å². The molecule has 3 aromatic heterocycles. The highest BCUT2D eigenvalue weighted by Crippen LogP contribution is 2.38. The van der Waals surface area contributed by atoms with Crippen molar-refractivity contribution < 1.29 is 9.59 Å². The number of thiophene rings is 2. The van der Waals surface area contributed by atoms with E-state index in [2.05, 4.69) is 45.4 Å². The topological polar surface area (TPSA) is 63.1 Å². The van der Waals surface area contributed by atoms with Crippen molar-refractivity contribution in [3.8, 4) is 0 Å². The summed E-state index contributed by atoms with van der Waals surface area (Å²) < 4.78 is 3.19. The fraction of sp³-hybridized carbons (Fsp3) is 0.259. The summed E-state index contributed by atoms with van der Waals surface area (Å²) in [5.74, 6) is -0.317. The van der Waals surface area contributed by atoms with Gasteiger partial charge in [0.15, 0.2) is 0 Å². The molecule has 174 valence electrons. The van der Waals surface area contributed by atoms with Gasteiger partial charge in [0.05, 0.1) is 15.8 Å². The van der Waals surface area contributed by atoms with E-state index in [1.54, 1.807) is 28.7 Å². The zero-order valence-corrected chi connectivity index (χ0v) is 20.6. The molecule has 3 heterocycles. The third kappa shape index (κ3) is 4.45. The zero-order valence-electron chi connectivity index (χ0n) is 18.9. The standard InChI is InChI=1S/C27H27N3O2S2/c1-2-14-28-26(32)24-19-10-6-7-11-22(19)34-27(24)29-25(31)21-17-23-20(13-16-33-23)30(21)15-12-18-8-4-3-5-9-18/h2-5,8-9,13,16-17H,1,6-7,10-12,14-15H2,(H,28,32)(H,29,31). The second-order valence-electron chi connectivity index (χ2n) is 8.45. The van der Waals surface area contributed by atoms with Gasteiger partial charge in [0.1, 0.15) is 10.7 Å². The molecule has 2 N–H and O–H groups in total. The van der Waals surface area contributed by atoms with Crippen LogP contribution in [0.4, 0.5) is 5.00 Å². The molecule has 1 aliphatic rings. The van der Waals surface area contributed by atoms with Crippen LogP contribution in [-0.2, 0) is 25.8 Å². The number of carbonyl (C=O) groups excluding carboxylic acids is 2. The van der Waals surface area contributed by atoms with Gasteiger partial charge >= 0.3 is 0 Å². The Balaban J connectivity index is 1.45. The first-order valence-electron chi connectivity index (χ1n) is 11.6. The molecule has 7 heteroatoms. The van der Waals surface area contributed by atoms with Gasteiger partial charge in [-0.3, -0.25) is 9.59 Å². The number of nitrogens with zero attached hydrogens (tertiary/aromatic N) is 1. The van der Waals surface area contributed by atoms with Gasteiger partial charge < -0.3 is 15.2 Å². The number of fused-ring (bicyclic) bond motifs is 2. The molecule has 0 saturated heterocycles. The molecule has 0 fully saturated rings. The molecule has 0 unspecified atom stereocenters. The summed E-state index contributed by atoms with van der Waals surface area (Å²) in [5.41, 5.74) is 4.65. The minimum atomic E-state index is -0.173. The van der Waals surface area contributed by atoms with E-state index < -0.39 is 0 Å². The van der Waals surface area contributed by atoms with Gasteiger partial charge in [-0.15, -0.1) is 29.3 Å². The van der Waals surface area contributed by atoms with E-state index in [9.17, 15) is 9.59 Å². The third-order valence-corrected chi connectivity index (χ3v) is 8.32. The average molecular weight is 490 g/mol. The van der Waals surface area contributed by atoms with Crippen molar-refractivity contribution in [2.24, 2.45) is 0 Å². The highest BCUT2D eigenvalue weighted by molar-refractivity contribution is 7.17. The van der Waals surface area contributed by atoms with Crippen LogP contribution in [0.2, 0.25) is 0 Å². The number of benzene rings is 1. The van der Waals surface area contributed by atoms with Gasteiger partial charge in [-0.25, -0.2) is 0 Å². The maximum atomic E-state index is 13.5. The van der Waals surface area contributed by atoms with Crippen molar-refractivity contribution in [3.05, 3.63) is 87.8 Å². The zero-order chi connectivity index (χ0) is 23.5. The van der Waals surface area contributed by atoms with E-state index >= 15 is 0 Å². The van der Waals surface area contributed by atoms with Gasteiger partial charge in [0.25, 0.3) is 11.8 Å². The van der Waals surface area contributed by atoms with Crippen LogP contribution in [0.15, 0.2) is 60.5 Å². The first kappa shape index (κ1) is 22.6. The van der Waals surface area contributed by atoms with Gasteiger partial charge in [-0.2, -0.15) is 0 Å². The number of nitrogens with one attached hydrogen (secondary N) is 2. The monoisotopic (exact) mass is 489 g/mol. The molecule has 5 rings (SSSR count). The Bertz CT molecular complexity index is 1350. The molecule has 1 aliphatic carbocycles. The lowest BCUT2D eigenvalue weighted by Crippen LogP contribution is -2.26. The highest BCUT2D eigenvalue weighted by atomic mass is 32.1. The summed E-state index contributed by atoms with van der Waals surface area (Å²) >= 11 is 3.18. The minimum absolute atomic E-state index is 0.143. The molecule has 0 saturated carbocycles. The number of carbonyl (C=O) groups is 2. The van der Waals surface area contributed by atoms with Crippen LogP contribution in [0.25, 0.3) is 10.2 Å². The quantitative estimate of drug-likeness (QED) is 0.296. The number of anilines is 1. The highest BCUT2D eigenvalue weighted by Gasteiger charge is 2.27. The molecule has 0 radical (unpaired) electrons. The number of aryl methyl sites for hydroxylation is 3. The van der Waals surface area contributed by atoms with Crippen LogP contribution in [0.3, 0.4) is 0 Å². The van der Waals surface area contributed by atoms with E-state index in [0.29, 0.717) is 29.3 Å². The normalized spacial score (nSPS) is 12.9. The second kappa shape index (κ2) is 9.99. The van der Waals surface area contributed by atoms with Crippen molar-refractivity contribution >= 4 is 49.7 Å². The predicted molar refractivity (Wildman–Crippen MR) is 141 cm³/mol. The molecule has 2 amide bonds. The van der Waals surface area contributed by atoms with E-state index in [4.69, 9.17) is 0 Å². The van der Waals surface area contributed by atoms with Gasteiger partial charge in [0.2, 0.25) is 0 Å². The summed E-state index contributed by atoms with van der Waals surface area (Å²) in [6.45, 7) is 4.80. The maximum absolute atomic E-state index is 13.5. The van der Waals surface area contributed by atoms with E-state index in [0.717, 1.165) is 47.9 Å². The second-order valence-corrected chi connectivity index (χ2v) is 10.5. The van der Waals surface area contributed by atoms with Crippen molar-refractivity contribution in [2.75, 3.05) is 11.9 Å². The van der Waals surface area contributed by atoms with Crippen molar-refractivity contribution in [1.29, 1.82) is 0 Å². The molecule has 1 aromatic carbocycles. The summed E-state index contributed by atoms with van der Waals surface area (Å²) in [7, 11) is 0. The first-order chi connectivity index (χ1) is 16.7. The summed E-state index contributed by atoms with van der Waals surface area (Å²) in [6, 6.07) is 14.3. The smallest absolute Gasteiger partial charge is 0.272 e. The molecule has 5 nitrogen and oxygen atoms in total. The fourth-order valence-electron chi connectivity index (χ4n) is 4.61. The Kier molecular flexibility index (Phi) is 6.65. The number of hydrogen-bond acceptors (Lipinski definition) is 4. The van der Waals surface area contributed by atoms with Crippen LogP contribution in [0.5, 0.6) is 0 Å². The molecule has 0 atom stereocenters. The van der Waals surface area contributed by atoms with Crippen LogP contribution in [0.1, 0.15) is 49.7 Å². The van der Waals surface area contributed by atoms with Crippen LogP contribution < -0.4 is 10.6 Å². The fourth-order valence-corrected chi connectivity index (χ4v) is 6.71. The Hall–Kier alpha value is -3.16. The SMILES string of the molecule is C=CCNC(=O)c1c(NC(=O)c2cc3sccc3n2CCc2ccccc2)sc2c1CCCC2. The molecular weight excluding hydrogens is 462 g/mol. The number of amides is 2. The number of rotatable bonds is 8. The molecule has 34 heavy (non-hydrogen) atoms. The minimum Gasteiger partial charge on any atom is -0.348 e. The summed E-state index contributed by atoms with van der Waals surface area (Å²) in [5, 5.41) is 8.71. The lowest BCUT2D eigenvalue weighted by Gasteiger charge is -2.13. The Labute approximate surface area is 207 Å².